The van der Waals surface area contributed by atoms with Crippen LogP contribution in [0.5, 0.6) is 5.75 Å². The number of amides is 3. The van der Waals surface area contributed by atoms with Gasteiger partial charge < -0.3 is 20.3 Å². The number of ether oxygens (including phenoxy) is 1. The summed E-state index contributed by atoms with van der Waals surface area (Å²) in [4.78, 5) is 38.1. The van der Waals surface area contributed by atoms with Crippen LogP contribution in [0.4, 0.5) is 11.4 Å². The van der Waals surface area contributed by atoms with Gasteiger partial charge >= 0.3 is 0 Å². The lowest BCUT2D eigenvalue weighted by Crippen LogP contribution is -2.30. The van der Waals surface area contributed by atoms with Crippen molar-refractivity contribution in [3.05, 3.63) is 52.5 Å². The van der Waals surface area contributed by atoms with Crippen LogP contribution in [0.25, 0.3) is 0 Å². The number of nitrogens with zero attached hydrogens (tertiary/aromatic N) is 1. The van der Waals surface area contributed by atoms with Gasteiger partial charge in [0.05, 0.1) is 16.3 Å². The molecule has 146 valence electrons. The second-order valence-electron chi connectivity index (χ2n) is 6.17. The molecule has 0 aromatic heterocycles. The molecule has 0 bridgehead atoms. The Morgan fingerprint density at radius 3 is 2.61 bits per heavy atom. The Kier molecular flexibility index (Phi) is 5.84. The number of hydrogen-bond donors (Lipinski definition) is 2. The Morgan fingerprint density at radius 1 is 1.18 bits per heavy atom. The Balaban J connectivity index is 1.76. The van der Waals surface area contributed by atoms with Crippen molar-refractivity contribution in [3.63, 3.8) is 0 Å². The molecule has 0 atom stereocenters. The van der Waals surface area contributed by atoms with E-state index in [2.05, 4.69) is 10.6 Å². The van der Waals surface area contributed by atoms with Gasteiger partial charge in [-0.2, -0.15) is 0 Å². The molecule has 28 heavy (non-hydrogen) atoms. The first-order valence-electron chi connectivity index (χ1n) is 8.89. The first-order valence-corrected chi connectivity index (χ1v) is 9.27. The van der Waals surface area contributed by atoms with Crippen LogP contribution < -0.4 is 15.4 Å². The summed E-state index contributed by atoms with van der Waals surface area (Å²) in [6, 6.07) is 9.54. The number of anilines is 2. The summed E-state index contributed by atoms with van der Waals surface area (Å²) in [5.74, 6) is -0.288. The van der Waals surface area contributed by atoms with Gasteiger partial charge in [-0.3, -0.25) is 14.4 Å². The molecule has 7 nitrogen and oxygen atoms in total. The zero-order chi connectivity index (χ0) is 20.3. The smallest absolute Gasteiger partial charge is 0.262 e. The Morgan fingerprint density at radius 2 is 1.93 bits per heavy atom. The molecule has 1 aliphatic rings. The van der Waals surface area contributed by atoms with Crippen LogP contribution in [-0.2, 0) is 4.79 Å². The fraction of sp³-hybridized carbons (Fsp3) is 0.250. The highest BCUT2D eigenvalue weighted by atomic mass is 35.5. The molecular weight excluding hydrogens is 382 g/mol. The van der Waals surface area contributed by atoms with E-state index in [1.165, 1.54) is 0 Å². The molecule has 3 amide bonds. The van der Waals surface area contributed by atoms with Crippen molar-refractivity contribution < 1.29 is 19.1 Å². The highest BCUT2D eigenvalue weighted by molar-refractivity contribution is 6.34. The molecule has 0 unspecified atom stereocenters. The summed E-state index contributed by atoms with van der Waals surface area (Å²) in [5, 5.41) is 5.67. The average molecular weight is 402 g/mol. The fourth-order valence-electron chi connectivity index (χ4n) is 2.88. The van der Waals surface area contributed by atoms with Gasteiger partial charge in [-0.25, -0.2) is 0 Å². The summed E-state index contributed by atoms with van der Waals surface area (Å²) >= 11 is 6.26. The van der Waals surface area contributed by atoms with Crippen LogP contribution in [0, 0.1) is 0 Å². The first-order chi connectivity index (χ1) is 13.4. The molecule has 0 aliphatic carbocycles. The number of benzene rings is 2. The van der Waals surface area contributed by atoms with Crippen LogP contribution in [0.3, 0.4) is 0 Å². The Bertz CT molecular complexity index is 941. The Hall–Kier alpha value is -3.06. The van der Waals surface area contributed by atoms with Crippen molar-refractivity contribution in [2.45, 2.75) is 13.8 Å². The van der Waals surface area contributed by atoms with Gasteiger partial charge in [0.1, 0.15) is 5.75 Å². The minimum atomic E-state index is -0.374. The SMILES string of the molecule is CCN(CC)C(=O)c1ccc(NC(=O)c2ccc3c(c2)NC(=O)CO3)cc1Cl. The van der Waals surface area contributed by atoms with Crippen molar-refractivity contribution in [2.75, 3.05) is 30.3 Å². The monoisotopic (exact) mass is 401 g/mol. The van der Waals surface area contributed by atoms with Crippen LogP contribution in [0.2, 0.25) is 5.02 Å². The number of nitrogens with one attached hydrogen (secondary N) is 2. The summed E-state index contributed by atoms with van der Waals surface area (Å²) in [5.41, 5.74) is 1.65. The van der Waals surface area contributed by atoms with Gasteiger partial charge in [0, 0.05) is 24.3 Å². The lowest BCUT2D eigenvalue weighted by Gasteiger charge is -2.19. The predicted octanol–water partition coefficient (Wildman–Crippen LogP) is 3.41. The van der Waals surface area contributed by atoms with Crippen molar-refractivity contribution in [1.29, 1.82) is 0 Å². The number of halogens is 1. The number of carbonyl (C=O) groups excluding carboxylic acids is 3. The van der Waals surface area contributed by atoms with Crippen LogP contribution in [-0.4, -0.2) is 42.3 Å². The molecular formula is C20H20ClN3O4. The maximum atomic E-state index is 12.5. The lowest BCUT2D eigenvalue weighted by molar-refractivity contribution is -0.118. The second-order valence-corrected chi connectivity index (χ2v) is 6.58. The molecule has 1 aliphatic heterocycles. The molecule has 2 N–H and O–H groups in total. The standard InChI is InChI=1S/C20H20ClN3O4/c1-3-24(4-2)20(27)14-7-6-13(10-15(14)21)22-19(26)12-5-8-17-16(9-12)23-18(25)11-28-17/h5-10H,3-4,11H2,1-2H3,(H,22,26)(H,23,25). The summed E-state index contributed by atoms with van der Waals surface area (Å²) in [7, 11) is 0. The third-order valence-electron chi connectivity index (χ3n) is 4.38. The van der Waals surface area contributed by atoms with Gasteiger partial charge in [-0.1, -0.05) is 11.6 Å². The lowest BCUT2D eigenvalue weighted by atomic mass is 10.1. The summed E-state index contributed by atoms with van der Waals surface area (Å²) in [6.07, 6.45) is 0. The molecule has 2 aromatic carbocycles. The predicted molar refractivity (Wildman–Crippen MR) is 107 cm³/mol. The van der Waals surface area contributed by atoms with E-state index in [-0.39, 0.29) is 29.4 Å². The van der Waals surface area contributed by atoms with Crippen LogP contribution in [0.1, 0.15) is 34.6 Å². The highest BCUT2D eigenvalue weighted by Gasteiger charge is 2.19. The second kappa shape index (κ2) is 8.31. The molecule has 3 rings (SSSR count). The van der Waals surface area contributed by atoms with E-state index in [1.807, 2.05) is 13.8 Å². The van der Waals surface area contributed by atoms with Gasteiger partial charge in [-0.15, -0.1) is 0 Å². The number of carbonyl (C=O) groups is 3. The molecule has 0 saturated carbocycles. The van der Waals surface area contributed by atoms with Crippen LogP contribution >= 0.6 is 11.6 Å². The van der Waals surface area contributed by atoms with E-state index in [0.29, 0.717) is 41.3 Å². The normalized spacial score (nSPS) is 12.5. The molecule has 0 spiro atoms. The van der Waals surface area contributed by atoms with Gasteiger partial charge in [-0.05, 0) is 50.2 Å². The zero-order valence-electron chi connectivity index (χ0n) is 15.5. The maximum absolute atomic E-state index is 12.5. The van der Waals surface area contributed by atoms with E-state index in [4.69, 9.17) is 16.3 Å². The summed E-state index contributed by atoms with van der Waals surface area (Å²) < 4.78 is 5.28. The maximum Gasteiger partial charge on any atom is 0.262 e. The van der Waals surface area contributed by atoms with Gasteiger partial charge in [0.2, 0.25) is 0 Å². The number of hydrogen-bond acceptors (Lipinski definition) is 4. The van der Waals surface area contributed by atoms with Gasteiger partial charge in [0.25, 0.3) is 17.7 Å². The molecule has 0 saturated heterocycles. The minimum Gasteiger partial charge on any atom is -0.482 e. The van der Waals surface area contributed by atoms with Crippen LogP contribution in [0.15, 0.2) is 36.4 Å². The van der Waals surface area contributed by atoms with Crippen molar-refractivity contribution in [2.24, 2.45) is 0 Å². The third kappa shape index (κ3) is 4.09. The zero-order valence-corrected chi connectivity index (χ0v) is 16.3. The van der Waals surface area contributed by atoms with Crippen molar-refractivity contribution in [3.8, 4) is 5.75 Å². The summed E-state index contributed by atoms with van der Waals surface area (Å²) in [6.45, 7) is 4.92. The van der Waals surface area contributed by atoms with Gasteiger partial charge in [0.15, 0.2) is 6.61 Å². The topological polar surface area (TPSA) is 87.7 Å². The minimum absolute atomic E-state index is 0.0460. The Labute approximate surface area is 167 Å². The molecule has 2 aromatic rings. The van der Waals surface area contributed by atoms with Crippen molar-refractivity contribution in [1.82, 2.24) is 4.90 Å². The average Bonchev–Trinajstić information content (AvgIpc) is 2.68. The van der Waals surface area contributed by atoms with E-state index < -0.39 is 0 Å². The number of rotatable bonds is 5. The van der Waals surface area contributed by atoms with E-state index in [9.17, 15) is 14.4 Å². The molecule has 1 heterocycles. The molecule has 8 heteroatoms. The van der Waals surface area contributed by atoms with Crippen molar-refractivity contribution >= 4 is 40.7 Å². The molecule has 0 fully saturated rings. The highest BCUT2D eigenvalue weighted by Crippen LogP contribution is 2.29. The largest absolute Gasteiger partial charge is 0.482 e. The van der Waals surface area contributed by atoms with E-state index >= 15 is 0 Å². The fourth-order valence-corrected chi connectivity index (χ4v) is 3.14. The quantitative estimate of drug-likeness (QED) is 0.803. The molecule has 0 radical (unpaired) electrons. The van der Waals surface area contributed by atoms with E-state index in [1.54, 1.807) is 41.3 Å². The first kappa shape index (κ1) is 19.7. The van der Waals surface area contributed by atoms with E-state index in [0.717, 1.165) is 0 Å². The number of fused-ring (bicyclic) bond motifs is 1. The third-order valence-corrected chi connectivity index (χ3v) is 4.70.